The summed E-state index contributed by atoms with van der Waals surface area (Å²) >= 11 is 0. The van der Waals surface area contributed by atoms with E-state index in [-0.39, 0.29) is 0 Å². The van der Waals surface area contributed by atoms with Gasteiger partial charge in [-0.2, -0.15) is 0 Å². The molecule has 1 saturated heterocycles. The molecule has 0 atom stereocenters. The zero-order valence-electron chi connectivity index (χ0n) is 6.51. The molecule has 0 aromatic carbocycles. The van der Waals surface area contributed by atoms with Crippen molar-refractivity contribution in [3.8, 4) is 11.8 Å². The fourth-order valence-electron chi connectivity index (χ4n) is 1.20. The van der Waals surface area contributed by atoms with E-state index < -0.39 is 0 Å². The lowest BCUT2D eigenvalue weighted by atomic mass is 9.97. The molecule has 1 rings (SSSR count). The quantitative estimate of drug-likeness (QED) is 0.414. The molecule has 1 aliphatic heterocycles. The Morgan fingerprint density at radius 2 is 2.18 bits per heavy atom. The maximum Gasteiger partial charge on any atom is 0.192 e. The third kappa shape index (κ3) is 3.20. The van der Waals surface area contributed by atoms with E-state index in [9.17, 15) is 4.79 Å². The van der Waals surface area contributed by atoms with Crippen LogP contribution in [0.2, 0.25) is 0 Å². The van der Waals surface area contributed by atoms with Gasteiger partial charge in [-0.25, -0.2) is 0 Å². The minimum absolute atomic E-state index is 0.649. The second-order valence-electron chi connectivity index (χ2n) is 2.70. The molecule has 2 nitrogen and oxygen atoms in total. The molecule has 0 aromatic rings. The molecule has 1 fully saturated rings. The molecule has 1 aliphatic rings. The van der Waals surface area contributed by atoms with Crippen molar-refractivity contribution in [2.75, 3.05) is 13.2 Å². The predicted octanol–water partition coefficient (Wildman–Crippen LogP) is 1.01. The SMILES string of the molecule is O=CC#CCC1CCOCC1. The van der Waals surface area contributed by atoms with E-state index in [2.05, 4.69) is 11.8 Å². The number of carbonyl (C=O) groups is 1. The fraction of sp³-hybridized carbons (Fsp3) is 0.667. The standard InChI is InChI=1S/C9H12O2/c10-6-2-1-3-9-4-7-11-8-5-9/h6,9H,3-5,7-8H2. The Morgan fingerprint density at radius 3 is 2.82 bits per heavy atom. The number of hydrogen-bond donors (Lipinski definition) is 0. The molecule has 0 aromatic heterocycles. The average molecular weight is 152 g/mol. The number of aldehydes is 1. The van der Waals surface area contributed by atoms with E-state index in [0.29, 0.717) is 12.2 Å². The van der Waals surface area contributed by atoms with Gasteiger partial charge in [0.05, 0.1) is 0 Å². The zero-order valence-corrected chi connectivity index (χ0v) is 6.51. The van der Waals surface area contributed by atoms with Crippen LogP contribution in [0.4, 0.5) is 0 Å². The van der Waals surface area contributed by atoms with Crippen LogP contribution in [-0.4, -0.2) is 19.5 Å². The minimum Gasteiger partial charge on any atom is -0.381 e. The highest BCUT2D eigenvalue weighted by molar-refractivity contribution is 5.72. The molecule has 0 aliphatic carbocycles. The molecule has 2 heteroatoms. The summed E-state index contributed by atoms with van der Waals surface area (Å²) in [4.78, 5) is 9.85. The first-order valence-electron chi connectivity index (χ1n) is 3.93. The summed E-state index contributed by atoms with van der Waals surface area (Å²) in [7, 11) is 0. The minimum atomic E-state index is 0.649. The Morgan fingerprint density at radius 1 is 1.45 bits per heavy atom. The van der Waals surface area contributed by atoms with Gasteiger partial charge in [-0.15, -0.1) is 0 Å². The maximum atomic E-state index is 9.85. The van der Waals surface area contributed by atoms with Crippen molar-refractivity contribution in [1.82, 2.24) is 0 Å². The van der Waals surface area contributed by atoms with E-state index >= 15 is 0 Å². The second kappa shape index (κ2) is 4.92. The van der Waals surface area contributed by atoms with Gasteiger partial charge >= 0.3 is 0 Å². The number of ether oxygens (including phenoxy) is 1. The molecule has 0 spiro atoms. The van der Waals surface area contributed by atoms with Crippen molar-refractivity contribution in [3.63, 3.8) is 0 Å². The molecule has 0 unspecified atom stereocenters. The van der Waals surface area contributed by atoms with Gasteiger partial charge in [0, 0.05) is 19.6 Å². The molecular formula is C9H12O2. The number of hydrogen-bond acceptors (Lipinski definition) is 2. The summed E-state index contributed by atoms with van der Waals surface area (Å²) in [5.41, 5.74) is 0. The van der Waals surface area contributed by atoms with Crippen LogP contribution in [0.5, 0.6) is 0 Å². The van der Waals surface area contributed by atoms with Crippen LogP contribution in [0.25, 0.3) is 0 Å². The molecule has 11 heavy (non-hydrogen) atoms. The van der Waals surface area contributed by atoms with Crippen LogP contribution in [-0.2, 0) is 9.53 Å². The van der Waals surface area contributed by atoms with Gasteiger partial charge in [-0.05, 0) is 24.7 Å². The lowest BCUT2D eigenvalue weighted by Crippen LogP contribution is -2.14. The second-order valence-corrected chi connectivity index (χ2v) is 2.70. The topological polar surface area (TPSA) is 26.3 Å². The van der Waals surface area contributed by atoms with Crippen LogP contribution in [0.3, 0.4) is 0 Å². The van der Waals surface area contributed by atoms with Crippen LogP contribution < -0.4 is 0 Å². The van der Waals surface area contributed by atoms with Crippen molar-refractivity contribution in [2.45, 2.75) is 19.3 Å². The molecule has 0 radical (unpaired) electrons. The first-order chi connectivity index (χ1) is 5.43. The average Bonchev–Trinajstić information content (AvgIpc) is 2.07. The normalized spacial score (nSPS) is 18.5. The Balaban J connectivity index is 2.19. The molecule has 0 bridgehead atoms. The van der Waals surface area contributed by atoms with Crippen molar-refractivity contribution in [2.24, 2.45) is 5.92 Å². The summed E-state index contributed by atoms with van der Waals surface area (Å²) in [6.45, 7) is 1.71. The Labute approximate surface area is 66.9 Å². The van der Waals surface area contributed by atoms with Gasteiger partial charge in [-0.1, -0.05) is 5.92 Å². The highest BCUT2D eigenvalue weighted by atomic mass is 16.5. The van der Waals surface area contributed by atoms with E-state index in [1.165, 1.54) is 0 Å². The summed E-state index contributed by atoms with van der Waals surface area (Å²) in [5, 5.41) is 0. The number of rotatable bonds is 1. The van der Waals surface area contributed by atoms with E-state index in [1.54, 1.807) is 0 Å². The third-order valence-corrected chi connectivity index (χ3v) is 1.89. The summed E-state index contributed by atoms with van der Waals surface area (Å²) < 4.78 is 5.19. The molecule has 0 N–H and O–H groups in total. The maximum absolute atomic E-state index is 9.85. The van der Waals surface area contributed by atoms with Crippen LogP contribution in [0, 0.1) is 17.8 Å². The fourth-order valence-corrected chi connectivity index (χ4v) is 1.20. The van der Waals surface area contributed by atoms with Crippen molar-refractivity contribution < 1.29 is 9.53 Å². The van der Waals surface area contributed by atoms with Gasteiger partial charge in [0.25, 0.3) is 0 Å². The Hall–Kier alpha value is -0.810. The summed E-state index contributed by atoms with van der Waals surface area (Å²) in [5.74, 6) is 5.90. The number of carbonyl (C=O) groups excluding carboxylic acids is 1. The molecule has 60 valence electrons. The monoisotopic (exact) mass is 152 g/mol. The van der Waals surface area contributed by atoms with Gasteiger partial charge < -0.3 is 4.74 Å². The summed E-state index contributed by atoms with van der Waals surface area (Å²) in [6.07, 6.45) is 3.68. The van der Waals surface area contributed by atoms with Gasteiger partial charge in [-0.3, -0.25) is 4.79 Å². The molecule has 0 saturated carbocycles. The van der Waals surface area contributed by atoms with Crippen LogP contribution >= 0.6 is 0 Å². The van der Waals surface area contributed by atoms with Gasteiger partial charge in [0.1, 0.15) is 0 Å². The smallest absolute Gasteiger partial charge is 0.192 e. The first-order valence-corrected chi connectivity index (χ1v) is 3.93. The first kappa shape index (κ1) is 8.29. The van der Waals surface area contributed by atoms with Crippen LogP contribution in [0.15, 0.2) is 0 Å². The van der Waals surface area contributed by atoms with Crippen molar-refractivity contribution >= 4 is 6.29 Å². The van der Waals surface area contributed by atoms with Gasteiger partial charge in [0.2, 0.25) is 0 Å². The van der Waals surface area contributed by atoms with E-state index in [0.717, 1.165) is 32.5 Å². The van der Waals surface area contributed by atoms with E-state index in [1.807, 2.05) is 0 Å². The Kier molecular flexibility index (Phi) is 3.71. The van der Waals surface area contributed by atoms with E-state index in [4.69, 9.17) is 4.74 Å². The highest BCUT2D eigenvalue weighted by Crippen LogP contribution is 2.17. The zero-order chi connectivity index (χ0) is 7.94. The van der Waals surface area contributed by atoms with Gasteiger partial charge in [0.15, 0.2) is 6.29 Å². The van der Waals surface area contributed by atoms with Crippen molar-refractivity contribution in [3.05, 3.63) is 0 Å². The lowest BCUT2D eigenvalue weighted by Gasteiger charge is -2.19. The van der Waals surface area contributed by atoms with Crippen molar-refractivity contribution in [1.29, 1.82) is 0 Å². The predicted molar refractivity (Wildman–Crippen MR) is 42.0 cm³/mol. The van der Waals surface area contributed by atoms with Crippen LogP contribution in [0.1, 0.15) is 19.3 Å². The lowest BCUT2D eigenvalue weighted by molar-refractivity contribution is -0.103. The molecular weight excluding hydrogens is 140 g/mol. The molecule has 1 heterocycles. The largest absolute Gasteiger partial charge is 0.381 e. The Bertz CT molecular complexity index is 170. The third-order valence-electron chi connectivity index (χ3n) is 1.89. The highest BCUT2D eigenvalue weighted by Gasteiger charge is 2.11. The molecule has 0 amide bonds. The summed E-state index contributed by atoms with van der Waals surface area (Å²) in [6, 6.07) is 0.